The second-order valence-corrected chi connectivity index (χ2v) is 8.46. The Hall–Kier alpha value is -2.51. The molecule has 0 aliphatic carbocycles. The first kappa shape index (κ1) is 17.6. The van der Waals surface area contributed by atoms with Gasteiger partial charge in [-0.15, -0.1) is 11.3 Å². The first-order chi connectivity index (χ1) is 13.8. The molecular weight excluding hydrogens is 370 g/mol. The molecule has 1 aromatic carbocycles. The molecular formula is C21H23N5OS. The lowest BCUT2D eigenvalue weighted by Crippen LogP contribution is -2.43. The maximum atomic E-state index is 13.2. The smallest absolute Gasteiger partial charge is 0.263 e. The summed E-state index contributed by atoms with van der Waals surface area (Å²) in [5, 5.41) is 4.59. The Morgan fingerprint density at radius 1 is 1.11 bits per heavy atom. The van der Waals surface area contributed by atoms with E-state index in [0.717, 1.165) is 49.8 Å². The molecule has 2 saturated heterocycles. The molecule has 5 rings (SSSR count). The minimum absolute atomic E-state index is 0.130. The zero-order valence-electron chi connectivity index (χ0n) is 15.7. The summed E-state index contributed by atoms with van der Waals surface area (Å²) in [5.74, 6) is 1.21. The van der Waals surface area contributed by atoms with Crippen LogP contribution in [-0.2, 0) is 0 Å². The van der Waals surface area contributed by atoms with Gasteiger partial charge in [-0.1, -0.05) is 6.07 Å². The summed E-state index contributed by atoms with van der Waals surface area (Å²) >= 11 is 1.60. The number of anilines is 1. The molecule has 2 aliphatic rings. The van der Waals surface area contributed by atoms with Crippen molar-refractivity contribution in [1.29, 1.82) is 0 Å². The standard InChI is InChI=1S/C21H23N5OS/c27-21(26-10-5-15(14-26)20-23-6-2-7-24-20)19-13-16-17(3-1-4-18(16)28-19)25-11-8-22-9-12-25/h1-4,6-7,13,15,22H,5,8-12,14H2. The van der Waals surface area contributed by atoms with Gasteiger partial charge in [-0.3, -0.25) is 4.79 Å². The summed E-state index contributed by atoms with van der Waals surface area (Å²) in [6, 6.07) is 10.3. The third kappa shape index (κ3) is 3.25. The fraction of sp³-hybridized carbons (Fsp3) is 0.381. The first-order valence-corrected chi connectivity index (χ1v) is 10.7. The normalized spacial score (nSPS) is 20.1. The zero-order valence-corrected chi connectivity index (χ0v) is 16.5. The van der Waals surface area contributed by atoms with E-state index in [0.29, 0.717) is 6.54 Å². The summed E-state index contributed by atoms with van der Waals surface area (Å²) in [4.78, 5) is 27.1. The molecule has 7 heteroatoms. The second-order valence-electron chi connectivity index (χ2n) is 7.38. The molecule has 2 fully saturated rings. The van der Waals surface area contributed by atoms with Crippen molar-refractivity contribution in [1.82, 2.24) is 20.2 Å². The highest BCUT2D eigenvalue weighted by atomic mass is 32.1. The number of carbonyl (C=O) groups excluding carboxylic acids is 1. The van der Waals surface area contributed by atoms with Crippen molar-refractivity contribution in [3.8, 4) is 0 Å². The molecule has 0 radical (unpaired) electrons. The van der Waals surface area contributed by atoms with E-state index >= 15 is 0 Å². The second kappa shape index (κ2) is 7.48. The number of piperazine rings is 1. The van der Waals surface area contributed by atoms with E-state index < -0.39 is 0 Å². The Morgan fingerprint density at radius 3 is 2.75 bits per heavy atom. The van der Waals surface area contributed by atoms with Crippen LogP contribution in [0.4, 0.5) is 5.69 Å². The minimum atomic E-state index is 0.130. The number of hydrogen-bond acceptors (Lipinski definition) is 6. The van der Waals surface area contributed by atoms with Crippen LogP contribution in [0.2, 0.25) is 0 Å². The van der Waals surface area contributed by atoms with E-state index in [9.17, 15) is 4.79 Å². The highest BCUT2D eigenvalue weighted by molar-refractivity contribution is 7.20. The van der Waals surface area contributed by atoms with E-state index in [1.165, 1.54) is 15.8 Å². The van der Waals surface area contributed by atoms with Gasteiger partial charge < -0.3 is 15.1 Å². The van der Waals surface area contributed by atoms with Crippen molar-refractivity contribution in [3.63, 3.8) is 0 Å². The highest BCUT2D eigenvalue weighted by Gasteiger charge is 2.30. The van der Waals surface area contributed by atoms with Crippen LogP contribution in [0.1, 0.15) is 27.8 Å². The molecule has 0 spiro atoms. The van der Waals surface area contributed by atoms with Crippen LogP contribution in [0.25, 0.3) is 10.1 Å². The van der Waals surface area contributed by atoms with Gasteiger partial charge in [0.05, 0.1) is 4.88 Å². The number of amides is 1. The van der Waals surface area contributed by atoms with Crippen LogP contribution in [0, 0.1) is 0 Å². The summed E-state index contributed by atoms with van der Waals surface area (Å²) < 4.78 is 1.18. The maximum Gasteiger partial charge on any atom is 0.263 e. The third-order valence-corrected chi connectivity index (χ3v) is 6.72. The SMILES string of the molecule is O=C(c1cc2c(N3CCNCC3)cccc2s1)N1CCC(c2ncccn2)C1. The Labute approximate surface area is 168 Å². The number of benzene rings is 1. The maximum absolute atomic E-state index is 13.2. The van der Waals surface area contributed by atoms with Crippen molar-refractivity contribution in [2.75, 3.05) is 44.2 Å². The van der Waals surface area contributed by atoms with E-state index in [1.807, 2.05) is 11.0 Å². The summed E-state index contributed by atoms with van der Waals surface area (Å²) in [6.45, 7) is 5.47. The van der Waals surface area contributed by atoms with Crippen LogP contribution in [-0.4, -0.2) is 60.0 Å². The topological polar surface area (TPSA) is 61.4 Å². The fourth-order valence-corrected chi connectivity index (χ4v) is 5.22. The number of carbonyl (C=O) groups is 1. The van der Waals surface area contributed by atoms with Gasteiger partial charge in [-0.2, -0.15) is 0 Å². The van der Waals surface area contributed by atoms with Gasteiger partial charge in [0.2, 0.25) is 0 Å². The van der Waals surface area contributed by atoms with Crippen molar-refractivity contribution < 1.29 is 4.79 Å². The van der Waals surface area contributed by atoms with Gasteiger partial charge in [-0.25, -0.2) is 9.97 Å². The molecule has 1 unspecified atom stereocenters. The van der Waals surface area contributed by atoms with Gasteiger partial charge in [0.15, 0.2) is 0 Å². The Bertz CT molecular complexity index is 983. The lowest BCUT2D eigenvalue weighted by Gasteiger charge is -2.30. The quantitative estimate of drug-likeness (QED) is 0.741. The van der Waals surface area contributed by atoms with Gasteiger partial charge in [0.25, 0.3) is 5.91 Å². The number of thiophene rings is 1. The molecule has 2 aliphatic heterocycles. The van der Waals surface area contributed by atoms with Crippen LogP contribution >= 0.6 is 11.3 Å². The summed E-state index contributed by atoms with van der Waals surface area (Å²) in [5.41, 5.74) is 1.24. The average molecular weight is 394 g/mol. The molecule has 6 nitrogen and oxygen atoms in total. The molecule has 2 aromatic heterocycles. The van der Waals surface area contributed by atoms with Crippen molar-refractivity contribution in [3.05, 3.63) is 53.4 Å². The van der Waals surface area contributed by atoms with Crippen molar-refractivity contribution in [2.24, 2.45) is 0 Å². The molecule has 28 heavy (non-hydrogen) atoms. The van der Waals surface area contributed by atoms with Crippen molar-refractivity contribution >= 4 is 33.0 Å². The summed E-state index contributed by atoms with van der Waals surface area (Å²) in [6.07, 6.45) is 4.47. The Kier molecular flexibility index (Phi) is 4.70. The van der Waals surface area contributed by atoms with Crippen LogP contribution in [0.5, 0.6) is 0 Å². The van der Waals surface area contributed by atoms with Gasteiger partial charge >= 0.3 is 0 Å². The molecule has 0 bridgehead atoms. The van der Waals surface area contributed by atoms with E-state index in [1.54, 1.807) is 23.7 Å². The van der Waals surface area contributed by atoms with E-state index in [2.05, 4.69) is 44.5 Å². The Morgan fingerprint density at radius 2 is 1.93 bits per heavy atom. The Balaban J connectivity index is 1.38. The molecule has 1 N–H and O–H groups in total. The molecule has 3 aromatic rings. The number of rotatable bonds is 3. The monoisotopic (exact) mass is 393 g/mol. The van der Waals surface area contributed by atoms with Crippen molar-refractivity contribution in [2.45, 2.75) is 12.3 Å². The van der Waals surface area contributed by atoms with E-state index in [-0.39, 0.29) is 11.8 Å². The minimum Gasteiger partial charge on any atom is -0.368 e. The third-order valence-electron chi connectivity index (χ3n) is 5.63. The number of fused-ring (bicyclic) bond motifs is 1. The lowest BCUT2D eigenvalue weighted by atomic mass is 10.1. The molecule has 0 saturated carbocycles. The van der Waals surface area contributed by atoms with Crippen LogP contribution in [0.3, 0.4) is 0 Å². The summed E-state index contributed by atoms with van der Waals surface area (Å²) in [7, 11) is 0. The zero-order chi connectivity index (χ0) is 18.9. The number of hydrogen-bond donors (Lipinski definition) is 1. The number of aromatic nitrogens is 2. The average Bonchev–Trinajstić information content (AvgIpc) is 3.42. The lowest BCUT2D eigenvalue weighted by molar-refractivity contribution is 0.0795. The first-order valence-electron chi connectivity index (χ1n) is 9.84. The molecule has 1 amide bonds. The van der Waals surface area contributed by atoms with E-state index in [4.69, 9.17) is 0 Å². The number of likely N-dealkylation sites (tertiary alicyclic amines) is 1. The predicted molar refractivity (Wildman–Crippen MR) is 112 cm³/mol. The van der Waals surface area contributed by atoms with Crippen LogP contribution in [0.15, 0.2) is 42.7 Å². The predicted octanol–water partition coefficient (Wildman–Crippen LogP) is 2.73. The van der Waals surface area contributed by atoms with Crippen LogP contribution < -0.4 is 10.2 Å². The molecule has 1 atom stereocenters. The largest absolute Gasteiger partial charge is 0.368 e. The number of nitrogens with one attached hydrogen (secondary N) is 1. The number of nitrogens with zero attached hydrogens (tertiary/aromatic N) is 4. The molecule has 4 heterocycles. The fourth-order valence-electron chi connectivity index (χ4n) is 4.17. The molecule has 144 valence electrons. The van der Waals surface area contributed by atoms with Gasteiger partial charge in [0.1, 0.15) is 5.82 Å². The highest BCUT2D eigenvalue weighted by Crippen LogP contribution is 2.35. The van der Waals surface area contributed by atoms with Gasteiger partial charge in [-0.05, 0) is 30.7 Å². The van der Waals surface area contributed by atoms with Gasteiger partial charge in [0, 0.05) is 73.4 Å².